The minimum atomic E-state index is -2.87. The molecule has 0 aliphatic heterocycles. The average molecular weight is 425 g/mol. The number of nitrogens with two attached hydrogens (primary N) is 1. The molecule has 0 aromatic heterocycles. The lowest BCUT2D eigenvalue weighted by Crippen LogP contribution is -2.44. The van der Waals surface area contributed by atoms with Gasteiger partial charge in [0.25, 0.3) is 0 Å². The van der Waals surface area contributed by atoms with E-state index in [-0.39, 0.29) is 17.9 Å². The second kappa shape index (κ2) is 7.95. The molecule has 0 fully saturated rings. The second-order valence-electron chi connectivity index (χ2n) is 6.79. The highest BCUT2D eigenvalue weighted by atomic mass is 127. The van der Waals surface area contributed by atoms with Gasteiger partial charge in [0, 0.05) is 28.3 Å². The summed E-state index contributed by atoms with van der Waals surface area (Å²) in [6.07, 6.45) is 5.41. The van der Waals surface area contributed by atoms with E-state index in [2.05, 4.69) is 20.8 Å². The Bertz CT molecular complexity index is 460. The molecule has 0 aliphatic rings. The molecule has 0 aliphatic carbocycles. The lowest BCUT2D eigenvalue weighted by atomic mass is 9.60. The molecule has 2 nitrogen and oxygen atoms in total. The standard InChI is InChI=1S/C16H27BF2INO/c1-8-12(13(21)10-9-11-16(18,19)20)17(7)22-15(5,6)14(2,3)4/h8-11H,21H2,1-7H3/b11-9+,12-8+,13-10+. The quantitative estimate of drug-likeness (QED) is 0.269. The van der Waals surface area contributed by atoms with Crippen LogP contribution >= 0.6 is 22.6 Å². The third kappa shape index (κ3) is 7.27. The Morgan fingerprint density at radius 2 is 1.68 bits per heavy atom. The smallest absolute Gasteiger partial charge is 0.325 e. The fourth-order valence-electron chi connectivity index (χ4n) is 1.68. The molecule has 0 heterocycles. The fourth-order valence-corrected chi connectivity index (χ4v) is 1.88. The van der Waals surface area contributed by atoms with Crippen LogP contribution in [0.4, 0.5) is 8.78 Å². The van der Waals surface area contributed by atoms with Crippen molar-refractivity contribution in [2.75, 3.05) is 0 Å². The Kier molecular flexibility index (Phi) is 7.82. The molecular weight excluding hydrogens is 398 g/mol. The maximum Gasteiger partial charge on any atom is 0.325 e. The maximum atomic E-state index is 12.8. The van der Waals surface area contributed by atoms with E-state index in [9.17, 15) is 8.78 Å². The Labute approximate surface area is 147 Å². The van der Waals surface area contributed by atoms with E-state index in [0.29, 0.717) is 5.70 Å². The average Bonchev–Trinajstić information content (AvgIpc) is 2.25. The van der Waals surface area contributed by atoms with Crippen LogP contribution in [0.2, 0.25) is 6.82 Å². The van der Waals surface area contributed by atoms with Crippen LogP contribution in [0, 0.1) is 5.41 Å². The lowest BCUT2D eigenvalue weighted by Gasteiger charge is -2.41. The Hall–Kier alpha value is -0.365. The van der Waals surface area contributed by atoms with Crippen molar-refractivity contribution in [1.82, 2.24) is 0 Å². The summed E-state index contributed by atoms with van der Waals surface area (Å²) in [5.41, 5.74) is 6.82. The molecule has 0 bridgehead atoms. The molecule has 0 rings (SSSR count). The maximum absolute atomic E-state index is 12.8. The number of halogens is 3. The van der Waals surface area contributed by atoms with Gasteiger partial charge in [-0.25, -0.2) is 0 Å². The van der Waals surface area contributed by atoms with Crippen molar-refractivity contribution in [3.8, 4) is 0 Å². The highest BCUT2D eigenvalue weighted by Gasteiger charge is 2.36. The minimum absolute atomic E-state index is 0.0399. The van der Waals surface area contributed by atoms with Gasteiger partial charge in [0.15, 0.2) is 0 Å². The van der Waals surface area contributed by atoms with Gasteiger partial charge < -0.3 is 10.4 Å². The first-order chi connectivity index (χ1) is 9.71. The Morgan fingerprint density at radius 1 is 1.18 bits per heavy atom. The number of rotatable bonds is 6. The fraction of sp³-hybridized carbons (Fsp3) is 0.625. The van der Waals surface area contributed by atoms with Crippen molar-refractivity contribution in [3.05, 3.63) is 35.5 Å². The molecule has 0 aromatic rings. The van der Waals surface area contributed by atoms with Gasteiger partial charge >= 0.3 is 10.8 Å². The first-order valence-electron chi connectivity index (χ1n) is 7.27. The highest BCUT2D eigenvalue weighted by Crippen LogP contribution is 2.34. The summed E-state index contributed by atoms with van der Waals surface area (Å²) >= 11 is 1.06. The topological polar surface area (TPSA) is 35.2 Å². The first-order valence-corrected chi connectivity index (χ1v) is 8.35. The van der Waals surface area contributed by atoms with Crippen molar-refractivity contribution < 1.29 is 13.4 Å². The van der Waals surface area contributed by atoms with Crippen molar-refractivity contribution >= 4 is 29.5 Å². The van der Waals surface area contributed by atoms with E-state index in [1.54, 1.807) is 0 Å². The molecular formula is C16H27BF2INO. The normalized spacial score (nSPS) is 15.5. The van der Waals surface area contributed by atoms with E-state index in [1.165, 1.54) is 12.2 Å². The van der Waals surface area contributed by atoms with Crippen molar-refractivity contribution in [2.24, 2.45) is 11.1 Å². The van der Waals surface area contributed by atoms with Crippen LogP contribution in [0.3, 0.4) is 0 Å². The zero-order chi connectivity index (χ0) is 17.8. The summed E-state index contributed by atoms with van der Waals surface area (Å²) in [5.74, 6) is 0. The van der Waals surface area contributed by atoms with Gasteiger partial charge in [-0.15, -0.1) is 0 Å². The van der Waals surface area contributed by atoms with Crippen molar-refractivity contribution in [1.29, 1.82) is 0 Å². The van der Waals surface area contributed by atoms with E-state index < -0.39 is 3.93 Å². The van der Waals surface area contributed by atoms with Crippen molar-refractivity contribution in [3.63, 3.8) is 0 Å². The predicted octanol–water partition coefficient (Wildman–Crippen LogP) is 5.36. The zero-order valence-electron chi connectivity index (χ0n) is 14.5. The number of hydrogen-bond acceptors (Lipinski definition) is 2. The molecule has 0 unspecified atom stereocenters. The van der Waals surface area contributed by atoms with Gasteiger partial charge in [-0.2, -0.15) is 8.78 Å². The highest BCUT2D eigenvalue weighted by molar-refractivity contribution is 14.1. The molecule has 0 radical (unpaired) electrons. The number of hydrogen-bond donors (Lipinski definition) is 1. The molecule has 6 heteroatoms. The van der Waals surface area contributed by atoms with E-state index >= 15 is 0 Å². The molecule has 0 spiro atoms. The third-order valence-corrected chi connectivity index (χ3v) is 4.28. The van der Waals surface area contributed by atoms with Gasteiger partial charge in [-0.3, -0.25) is 0 Å². The van der Waals surface area contributed by atoms with Crippen LogP contribution in [0.5, 0.6) is 0 Å². The molecule has 22 heavy (non-hydrogen) atoms. The molecule has 0 saturated heterocycles. The van der Waals surface area contributed by atoms with Gasteiger partial charge in [0.2, 0.25) is 0 Å². The van der Waals surface area contributed by atoms with Crippen LogP contribution in [0.25, 0.3) is 0 Å². The summed E-state index contributed by atoms with van der Waals surface area (Å²) < 4.78 is 28.8. The molecule has 126 valence electrons. The predicted molar refractivity (Wildman–Crippen MR) is 100 cm³/mol. The number of alkyl halides is 3. The monoisotopic (exact) mass is 425 g/mol. The van der Waals surface area contributed by atoms with Crippen LogP contribution < -0.4 is 5.73 Å². The molecule has 0 saturated carbocycles. The van der Waals surface area contributed by atoms with Crippen LogP contribution in [-0.2, 0) is 4.65 Å². The van der Waals surface area contributed by atoms with Gasteiger partial charge in [-0.1, -0.05) is 39.7 Å². The summed E-state index contributed by atoms with van der Waals surface area (Å²) in [7, 11) is 0. The van der Waals surface area contributed by atoms with Gasteiger partial charge in [0.1, 0.15) is 0 Å². The summed E-state index contributed by atoms with van der Waals surface area (Å²) in [6, 6.07) is 0. The molecule has 0 atom stereocenters. The first kappa shape index (κ1) is 21.6. The summed E-state index contributed by atoms with van der Waals surface area (Å²) in [6.45, 7) is 13.9. The van der Waals surface area contributed by atoms with E-state index in [0.717, 1.165) is 34.1 Å². The molecule has 0 amide bonds. The number of allylic oxidation sites excluding steroid dienone is 5. The summed E-state index contributed by atoms with van der Waals surface area (Å²) in [4.78, 5) is 0. The SMILES string of the molecule is C\C=C(B(C)OC(C)(C)C(C)(C)C)/C(N)=C\C=C\C(F)(F)I. The Balaban J connectivity index is 5.14. The van der Waals surface area contributed by atoms with Crippen LogP contribution in [0.15, 0.2) is 35.5 Å². The third-order valence-electron chi connectivity index (χ3n) is 3.92. The van der Waals surface area contributed by atoms with E-state index in [1.807, 2.05) is 33.7 Å². The van der Waals surface area contributed by atoms with Gasteiger partial charge in [0.05, 0.1) is 5.60 Å². The zero-order valence-corrected chi connectivity index (χ0v) is 16.7. The van der Waals surface area contributed by atoms with E-state index in [4.69, 9.17) is 10.4 Å². The molecule has 2 N–H and O–H groups in total. The second-order valence-corrected chi connectivity index (χ2v) is 8.23. The lowest BCUT2D eigenvalue weighted by molar-refractivity contribution is -0.000296. The van der Waals surface area contributed by atoms with Crippen LogP contribution in [-0.4, -0.2) is 16.4 Å². The van der Waals surface area contributed by atoms with Crippen molar-refractivity contribution in [2.45, 2.75) is 57.9 Å². The molecule has 0 aromatic carbocycles. The Morgan fingerprint density at radius 3 is 2.05 bits per heavy atom. The largest absolute Gasteiger partial charge is 0.426 e. The summed E-state index contributed by atoms with van der Waals surface area (Å²) in [5, 5.41) is 0. The minimum Gasteiger partial charge on any atom is -0.426 e. The van der Waals surface area contributed by atoms with Crippen LogP contribution in [0.1, 0.15) is 41.5 Å². The van der Waals surface area contributed by atoms with Gasteiger partial charge in [-0.05, 0) is 43.8 Å².